The van der Waals surface area contributed by atoms with Gasteiger partial charge in [0, 0.05) is 18.7 Å². The monoisotopic (exact) mass is 344 g/mol. The highest BCUT2D eigenvalue weighted by atomic mass is 16.6. The lowest BCUT2D eigenvalue weighted by Gasteiger charge is -2.06. The molecular formula is C14H12N6O5. The molecule has 2 aromatic heterocycles. The van der Waals surface area contributed by atoms with E-state index in [0.717, 1.165) is 0 Å². The Morgan fingerprint density at radius 1 is 1.16 bits per heavy atom. The van der Waals surface area contributed by atoms with Crippen LogP contribution in [0.25, 0.3) is 11.2 Å². The molecule has 11 heteroatoms. The van der Waals surface area contributed by atoms with Gasteiger partial charge in [-0.2, -0.15) is 0 Å². The predicted octanol–water partition coefficient (Wildman–Crippen LogP) is 1.49. The molecule has 1 N–H and O–H groups in total. The summed E-state index contributed by atoms with van der Waals surface area (Å²) < 4.78 is 1.61. The number of nitro groups is 2. The van der Waals surface area contributed by atoms with E-state index in [0.29, 0.717) is 17.8 Å². The molecule has 0 aliphatic heterocycles. The Kier molecular flexibility index (Phi) is 3.97. The number of hydrogen-bond acceptors (Lipinski definition) is 7. The number of H-pyrrole nitrogens is 1. The van der Waals surface area contributed by atoms with E-state index in [2.05, 4.69) is 15.0 Å². The van der Waals surface area contributed by atoms with Crippen molar-refractivity contribution in [2.45, 2.75) is 19.9 Å². The van der Waals surface area contributed by atoms with E-state index < -0.39 is 9.85 Å². The molecule has 128 valence electrons. The van der Waals surface area contributed by atoms with Crippen molar-refractivity contribution >= 4 is 22.5 Å². The number of fused-ring (bicyclic) bond motifs is 1. The molecule has 3 aromatic rings. The third kappa shape index (κ3) is 2.94. The normalized spacial score (nSPS) is 10.9. The van der Waals surface area contributed by atoms with Crippen LogP contribution in [0.4, 0.5) is 11.4 Å². The molecule has 0 atom stereocenters. The minimum Gasteiger partial charge on any atom is -0.315 e. The molecule has 2 heterocycles. The molecule has 0 unspecified atom stereocenters. The maximum atomic E-state index is 11.6. The molecule has 25 heavy (non-hydrogen) atoms. The predicted molar refractivity (Wildman–Crippen MR) is 86.3 cm³/mol. The van der Waals surface area contributed by atoms with Crippen LogP contribution in [0.15, 0.2) is 29.6 Å². The molecule has 0 saturated heterocycles. The molecule has 3 rings (SSSR count). The van der Waals surface area contributed by atoms with Gasteiger partial charge in [-0.1, -0.05) is 0 Å². The van der Waals surface area contributed by atoms with Gasteiger partial charge in [0.1, 0.15) is 5.56 Å². The first-order chi connectivity index (χ1) is 11.9. The number of aromatic nitrogens is 4. The maximum Gasteiger partial charge on any atom is 0.279 e. The van der Waals surface area contributed by atoms with E-state index in [4.69, 9.17) is 0 Å². The van der Waals surface area contributed by atoms with Crippen LogP contribution in [0.3, 0.4) is 0 Å². The average molecular weight is 344 g/mol. The molecule has 0 radical (unpaired) electrons. The standard InChI is InChI=1S/C14H12N6O5/c1-8-10(19(22)23)4-9(5-11(8)20(24)25)2-3-18-7-17-12-13(18)15-6-16-14(12)21/h4-7H,2-3H2,1H3,(H,15,16,21). The molecule has 0 saturated carbocycles. The van der Waals surface area contributed by atoms with Crippen molar-refractivity contribution in [2.24, 2.45) is 0 Å². The second-order valence-corrected chi connectivity index (χ2v) is 5.37. The highest BCUT2D eigenvalue weighted by Gasteiger charge is 2.23. The highest BCUT2D eigenvalue weighted by Crippen LogP contribution is 2.29. The highest BCUT2D eigenvalue weighted by molar-refractivity contribution is 5.68. The summed E-state index contributed by atoms with van der Waals surface area (Å²) in [4.78, 5) is 43.0. The average Bonchev–Trinajstić information content (AvgIpc) is 2.98. The van der Waals surface area contributed by atoms with Crippen molar-refractivity contribution in [1.29, 1.82) is 0 Å². The fraction of sp³-hybridized carbons (Fsp3) is 0.214. The van der Waals surface area contributed by atoms with Crippen molar-refractivity contribution in [3.8, 4) is 0 Å². The summed E-state index contributed by atoms with van der Waals surface area (Å²) in [6.45, 7) is 1.66. The van der Waals surface area contributed by atoms with Gasteiger partial charge in [0.25, 0.3) is 16.9 Å². The van der Waals surface area contributed by atoms with Crippen molar-refractivity contribution in [3.63, 3.8) is 0 Å². The van der Waals surface area contributed by atoms with E-state index in [1.807, 2.05) is 0 Å². The first-order valence-corrected chi connectivity index (χ1v) is 7.19. The van der Waals surface area contributed by atoms with Crippen LogP contribution >= 0.6 is 0 Å². The number of aromatic amines is 1. The van der Waals surface area contributed by atoms with Gasteiger partial charge in [0.15, 0.2) is 11.2 Å². The summed E-state index contributed by atoms with van der Waals surface area (Å²) in [5, 5.41) is 22.2. The molecule has 0 aliphatic rings. The largest absolute Gasteiger partial charge is 0.315 e. The van der Waals surface area contributed by atoms with Gasteiger partial charge in [-0.15, -0.1) is 0 Å². The number of nitrogens with one attached hydrogen (secondary N) is 1. The Labute approximate surface area is 139 Å². The quantitative estimate of drug-likeness (QED) is 0.544. The number of imidazole rings is 1. The van der Waals surface area contributed by atoms with Gasteiger partial charge < -0.3 is 9.55 Å². The van der Waals surface area contributed by atoms with E-state index in [1.165, 1.54) is 31.7 Å². The molecule has 11 nitrogen and oxygen atoms in total. The summed E-state index contributed by atoms with van der Waals surface area (Å²) >= 11 is 0. The van der Waals surface area contributed by atoms with Gasteiger partial charge in [-0.3, -0.25) is 25.0 Å². The van der Waals surface area contributed by atoms with Gasteiger partial charge in [0.2, 0.25) is 0 Å². The summed E-state index contributed by atoms with van der Waals surface area (Å²) in [6, 6.07) is 2.64. The van der Waals surface area contributed by atoms with Crippen molar-refractivity contribution in [1.82, 2.24) is 19.5 Å². The zero-order valence-electron chi connectivity index (χ0n) is 13.0. The number of aryl methyl sites for hydroxylation is 2. The minimum atomic E-state index is -0.639. The van der Waals surface area contributed by atoms with Crippen molar-refractivity contribution in [3.05, 3.63) is 66.5 Å². The fourth-order valence-electron chi connectivity index (χ4n) is 2.57. The van der Waals surface area contributed by atoms with E-state index in [1.54, 1.807) is 4.57 Å². The Morgan fingerprint density at radius 2 is 1.80 bits per heavy atom. The molecule has 0 amide bonds. The molecule has 0 bridgehead atoms. The second-order valence-electron chi connectivity index (χ2n) is 5.37. The van der Waals surface area contributed by atoms with Crippen LogP contribution in [-0.4, -0.2) is 29.4 Å². The Bertz CT molecular complexity index is 1020. The zero-order valence-corrected chi connectivity index (χ0v) is 13.0. The second kappa shape index (κ2) is 6.11. The third-order valence-corrected chi connectivity index (χ3v) is 3.86. The number of benzene rings is 1. The lowest BCUT2D eigenvalue weighted by Crippen LogP contribution is -2.08. The SMILES string of the molecule is Cc1c([N+](=O)[O-])cc(CCn2cnc3c(=O)[nH]cnc32)cc1[N+](=O)[O-]. The summed E-state index contributed by atoms with van der Waals surface area (Å²) in [7, 11) is 0. The smallest absolute Gasteiger partial charge is 0.279 e. The Balaban J connectivity index is 1.95. The molecular weight excluding hydrogens is 332 g/mol. The van der Waals surface area contributed by atoms with Crippen LogP contribution in [0.1, 0.15) is 11.1 Å². The van der Waals surface area contributed by atoms with E-state index >= 15 is 0 Å². The Morgan fingerprint density at radius 3 is 2.40 bits per heavy atom. The number of rotatable bonds is 5. The van der Waals surface area contributed by atoms with Crippen LogP contribution in [0.2, 0.25) is 0 Å². The van der Waals surface area contributed by atoms with Gasteiger partial charge >= 0.3 is 0 Å². The molecule has 0 aliphatic carbocycles. The molecule has 0 fully saturated rings. The van der Waals surface area contributed by atoms with Crippen molar-refractivity contribution in [2.75, 3.05) is 0 Å². The van der Waals surface area contributed by atoms with Gasteiger partial charge in [-0.05, 0) is 18.9 Å². The number of nitro benzene ring substituents is 2. The first-order valence-electron chi connectivity index (χ1n) is 7.19. The summed E-state index contributed by atoms with van der Waals surface area (Å²) in [5.74, 6) is 0. The third-order valence-electron chi connectivity index (χ3n) is 3.86. The van der Waals surface area contributed by atoms with E-state index in [9.17, 15) is 25.0 Å². The first kappa shape index (κ1) is 16.2. The van der Waals surface area contributed by atoms with Crippen LogP contribution in [-0.2, 0) is 13.0 Å². The topological polar surface area (TPSA) is 150 Å². The molecule has 0 spiro atoms. The summed E-state index contributed by atoms with van der Waals surface area (Å²) in [5.41, 5.74) is 0.0489. The van der Waals surface area contributed by atoms with Crippen LogP contribution in [0.5, 0.6) is 0 Å². The van der Waals surface area contributed by atoms with Crippen molar-refractivity contribution < 1.29 is 9.85 Å². The van der Waals surface area contributed by atoms with Gasteiger partial charge in [-0.25, -0.2) is 9.97 Å². The molecule has 1 aromatic carbocycles. The van der Waals surface area contributed by atoms with Gasteiger partial charge in [0.05, 0.1) is 22.5 Å². The Hall–Kier alpha value is -3.63. The van der Waals surface area contributed by atoms with Crippen LogP contribution < -0.4 is 5.56 Å². The minimum absolute atomic E-state index is 0.0139. The lowest BCUT2D eigenvalue weighted by atomic mass is 10.1. The van der Waals surface area contributed by atoms with E-state index in [-0.39, 0.29) is 34.4 Å². The van der Waals surface area contributed by atoms with Crippen LogP contribution in [0, 0.1) is 27.2 Å². The number of nitrogens with zero attached hydrogens (tertiary/aromatic N) is 5. The summed E-state index contributed by atoms with van der Waals surface area (Å²) in [6.07, 6.45) is 2.97. The maximum absolute atomic E-state index is 11.6. The zero-order chi connectivity index (χ0) is 18.1. The lowest BCUT2D eigenvalue weighted by molar-refractivity contribution is -0.395. The fourth-order valence-corrected chi connectivity index (χ4v) is 2.57. The number of hydrogen-bond donors (Lipinski definition) is 1.